The number of hydrogen-bond donors (Lipinski definition) is 1. The van der Waals surface area contributed by atoms with Gasteiger partial charge in [-0.25, -0.2) is 0 Å². The molecule has 86 valence electrons. The van der Waals surface area contributed by atoms with Crippen molar-refractivity contribution in [3.8, 4) is 5.75 Å². The van der Waals surface area contributed by atoms with E-state index in [9.17, 15) is 4.79 Å². The molecule has 1 rings (SSSR count). The molecular weight excluding hydrogens is 270 g/mol. The van der Waals surface area contributed by atoms with Crippen molar-refractivity contribution in [1.82, 2.24) is 5.32 Å². The van der Waals surface area contributed by atoms with Gasteiger partial charge in [0.2, 0.25) is 5.91 Å². The molecule has 1 aromatic carbocycles. The zero-order valence-corrected chi connectivity index (χ0v) is 10.5. The molecule has 16 heavy (non-hydrogen) atoms. The Morgan fingerprint density at radius 1 is 1.50 bits per heavy atom. The second-order valence-corrected chi connectivity index (χ2v) is 3.63. The summed E-state index contributed by atoms with van der Waals surface area (Å²) in [5.74, 6) is 0.742. The number of halogens is 1. The van der Waals surface area contributed by atoms with Gasteiger partial charge < -0.3 is 10.1 Å². The quantitative estimate of drug-likeness (QED) is 0.642. The molecule has 0 unspecified atom stereocenters. The van der Waals surface area contributed by atoms with E-state index < -0.39 is 0 Å². The number of benzene rings is 1. The normalized spacial score (nSPS) is 9.56. The number of amides is 1. The first kappa shape index (κ1) is 12.8. The minimum atomic E-state index is -0.0411. The SMILES string of the molecule is C=Cc1ccccc1OCCNC(=O)CBr. The Morgan fingerprint density at radius 2 is 2.25 bits per heavy atom. The van der Waals surface area contributed by atoms with Crippen molar-refractivity contribution in [2.75, 3.05) is 18.5 Å². The van der Waals surface area contributed by atoms with Crippen LogP contribution in [0, 0.1) is 0 Å². The highest BCUT2D eigenvalue weighted by atomic mass is 79.9. The van der Waals surface area contributed by atoms with Crippen LogP contribution in [0.1, 0.15) is 5.56 Å². The smallest absolute Gasteiger partial charge is 0.230 e. The predicted molar refractivity (Wildman–Crippen MR) is 68.8 cm³/mol. The molecule has 0 aliphatic rings. The van der Waals surface area contributed by atoms with Gasteiger partial charge in [-0.05, 0) is 6.07 Å². The second-order valence-electron chi connectivity index (χ2n) is 3.07. The molecule has 0 atom stereocenters. The minimum absolute atomic E-state index is 0.0411. The summed E-state index contributed by atoms with van der Waals surface area (Å²) in [6, 6.07) is 7.64. The molecule has 0 fully saturated rings. The van der Waals surface area contributed by atoms with Crippen molar-refractivity contribution in [2.45, 2.75) is 0 Å². The molecule has 0 aromatic heterocycles. The van der Waals surface area contributed by atoms with Gasteiger partial charge in [-0.15, -0.1) is 0 Å². The number of hydrogen-bond acceptors (Lipinski definition) is 2. The summed E-state index contributed by atoms with van der Waals surface area (Å²) in [6.07, 6.45) is 1.74. The lowest BCUT2D eigenvalue weighted by molar-refractivity contribution is -0.118. The van der Waals surface area contributed by atoms with Crippen molar-refractivity contribution in [3.63, 3.8) is 0 Å². The molecule has 1 amide bonds. The zero-order valence-electron chi connectivity index (χ0n) is 8.91. The Kier molecular flexibility index (Phi) is 5.64. The third kappa shape index (κ3) is 4.06. The Bertz CT molecular complexity index is 366. The topological polar surface area (TPSA) is 38.3 Å². The van der Waals surface area contributed by atoms with Crippen molar-refractivity contribution in [2.24, 2.45) is 0 Å². The molecule has 3 nitrogen and oxygen atoms in total. The number of carbonyl (C=O) groups excluding carboxylic acids is 1. The van der Waals surface area contributed by atoms with E-state index in [4.69, 9.17) is 4.74 Å². The number of alkyl halides is 1. The molecule has 0 saturated carbocycles. The summed E-state index contributed by atoms with van der Waals surface area (Å²) in [7, 11) is 0. The van der Waals surface area contributed by atoms with Crippen LogP contribution in [0.3, 0.4) is 0 Å². The van der Waals surface area contributed by atoms with E-state index in [1.54, 1.807) is 6.08 Å². The first-order chi connectivity index (χ1) is 7.77. The van der Waals surface area contributed by atoms with Gasteiger partial charge >= 0.3 is 0 Å². The highest BCUT2D eigenvalue weighted by Gasteiger charge is 2.00. The van der Waals surface area contributed by atoms with Gasteiger partial charge in [-0.3, -0.25) is 4.79 Å². The van der Waals surface area contributed by atoms with Crippen LogP contribution in [0.5, 0.6) is 5.75 Å². The Balaban J connectivity index is 2.37. The second kappa shape index (κ2) is 7.06. The molecule has 0 heterocycles. The van der Waals surface area contributed by atoms with Crippen molar-refractivity contribution >= 4 is 27.9 Å². The van der Waals surface area contributed by atoms with Crippen LogP contribution in [0.15, 0.2) is 30.8 Å². The van der Waals surface area contributed by atoms with Crippen molar-refractivity contribution < 1.29 is 9.53 Å². The highest BCUT2D eigenvalue weighted by Crippen LogP contribution is 2.18. The molecule has 0 saturated heterocycles. The van der Waals surface area contributed by atoms with Gasteiger partial charge in [0.15, 0.2) is 0 Å². The van der Waals surface area contributed by atoms with Crippen LogP contribution in [0.25, 0.3) is 6.08 Å². The monoisotopic (exact) mass is 283 g/mol. The first-order valence-electron chi connectivity index (χ1n) is 4.95. The number of nitrogens with one attached hydrogen (secondary N) is 1. The van der Waals surface area contributed by atoms with Gasteiger partial charge in [-0.1, -0.05) is 46.8 Å². The van der Waals surface area contributed by atoms with E-state index in [1.165, 1.54) is 0 Å². The number of carbonyl (C=O) groups is 1. The summed E-state index contributed by atoms with van der Waals surface area (Å²) in [4.78, 5) is 10.9. The molecular formula is C12H14BrNO2. The Hall–Kier alpha value is -1.29. The lowest BCUT2D eigenvalue weighted by atomic mass is 10.2. The maximum atomic E-state index is 10.9. The summed E-state index contributed by atoms with van der Waals surface area (Å²) in [5, 5.41) is 3.02. The number of ether oxygens (including phenoxy) is 1. The Labute approximate surface area is 104 Å². The Morgan fingerprint density at radius 3 is 2.94 bits per heavy atom. The largest absolute Gasteiger partial charge is 0.491 e. The maximum absolute atomic E-state index is 10.9. The molecule has 0 bridgehead atoms. The van der Waals surface area contributed by atoms with Crippen molar-refractivity contribution in [3.05, 3.63) is 36.4 Å². The summed E-state index contributed by atoms with van der Waals surface area (Å²) in [6.45, 7) is 4.65. The highest BCUT2D eigenvalue weighted by molar-refractivity contribution is 9.09. The van der Waals surface area contributed by atoms with E-state index in [0.717, 1.165) is 11.3 Å². The van der Waals surface area contributed by atoms with Gasteiger partial charge in [0.1, 0.15) is 12.4 Å². The minimum Gasteiger partial charge on any atom is -0.491 e. The van der Waals surface area contributed by atoms with Crippen LogP contribution in [0.2, 0.25) is 0 Å². The molecule has 4 heteroatoms. The van der Waals surface area contributed by atoms with Gasteiger partial charge in [0, 0.05) is 5.56 Å². The van der Waals surface area contributed by atoms with E-state index in [1.807, 2.05) is 24.3 Å². The molecule has 0 aliphatic heterocycles. The summed E-state index contributed by atoms with van der Waals surface area (Å²) >= 11 is 3.07. The fourth-order valence-corrected chi connectivity index (χ4v) is 1.38. The van der Waals surface area contributed by atoms with Crippen LogP contribution in [-0.4, -0.2) is 24.4 Å². The van der Waals surface area contributed by atoms with Crippen LogP contribution in [-0.2, 0) is 4.79 Å². The van der Waals surface area contributed by atoms with Gasteiger partial charge in [0.05, 0.1) is 11.9 Å². The summed E-state index contributed by atoms with van der Waals surface area (Å²) < 4.78 is 5.52. The van der Waals surface area contributed by atoms with Crippen molar-refractivity contribution in [1.29, 1.82) is 0 Å². The molecule has 1 aromatic rings. The standard InChI is InChI=1S/C12H14BrNO2/c1-2-10-5-3-4-6-11(10)16-8-7-14-12(15)9-13/h2-6H,1,7-9H2,(H,14,15). The lowest BCUT2D eigenvalue weighted by Crippen LogP contribution is -2.28. The van der Waals surface area contributed by atoms with E-state index in [-0.39, 0.29) is 5.91 Å². The van der Waals surface area contributed by atoms with E-state index in [0.29, 0.717) is 18.5 Å². The fourth-order valence-electron chi connectivity index (χ4n) is 1.18. The fraction of sp³-hybridized carbons (Fsp3) is 0.250. The molecule has 0 spiro atoms. The molecule has 1 N–H and O–H groups in total. The van der Waals surface area contributed by atoms with Gasteiger partial charge in [0.25, 0.3) is 0 Å². The number of para-hydroxylation sites is 1. The van der Waals surface area contributed by atoms with E-state index >= 15 is 0 Å². The average Bonchev–Trinajstić information content (AvgIpc) is 2.34. The molecule has 0 aliphatic carbocycles. The summed E-state index contributed by atoms with van der Waals surface area (Å²) in [5.41, 5.74) is 0.953. The van der Waals surface area contributed by atoms with Crippen LogP contribution < -0.4 is 10.1 Å². The van der Waals surface area contributed by atoms with E-state index in [2.05, 4.69) is 27.8 Å². The zero-order chi connectivity index (χ0) is 11.8. The first-order valence-corrected chi connectivity index (χ1v) is 6.07. The third-order valence-corrected chi connectivity index (χ3v) is 2.45. The van der Waals surface area contributed by atoms with Gasteiger partial charge in [-0.2, -0.15) is 0 Å². The lowest BCUT2D eigenvalue weighted by Gasteiger charge is -2.09. The average molecular weight is 284 g/mol. The third-order valence-electron chi connectivity index (χ3n) is 1.94. The maximum Gasteiger partial charge on any atom is 0.230 e. The predicted octanol–water partition coefficient (Wildman–Crippen LogP) is 2.22. The van der Waals surface area contributed by atoms with Crippen LogP contribution in [0.4, 0.5) is 0 Å². The molecule has 0 radical (unpaired) electrons. The number of rotatable bonds is 6. The van der Waals surface area contributed by atoms with Crippen LogP contribution >= 0.6 is 15.9 Å².